The second kappa shape index (κ2) is 8.72. The average molecular weight is 391 g/mol. The number of hydrogen-bond donors (Lipinski definition) is 0. The maximum absolute atomic E-state index is 13.1. The van der Waals surface area contributed by atoms with Crippen LogP contribution in [-0.2, 0) is 11.3 Å². The zero-order chi connectivity index (χ0) is 19.4. The van der Waals surface area contributed by atoms with Gasteiger partial charge in [0, 0.05) is 31.7 Å². The van der Waals surface area contributed by atoms with E-state index in [1.165, 1.54) is 12.1 Å². The highest BCUT2D eigenvalue weighted by Gasteiger charge is 2.32. The molecule has 3 rings (SSSR count). The first kappa shape index (κ1) is 19.6. The second-order valence-electron chi connectivity index (χ2n) is 7.02. The summed E-state index contributed by atoms with van der Waals surface area (Å²) in [5.74, 6) is 0.243. The predicted molar refractivity (Wildman–Crippen MR) is 104 cm³/mol. The van der Waals surface area contributed by atoms with Crippen molar-refractivity contribution in [1.82, 2.24) is 9.80 Å². The van der Waals surface area contributed by atoms with Gasteiger partial charge in [-0.1, -0.05) is 35.9 Å². The quantitative estimate of drug-likeness (QED) is 0.774. The minimum atomic E-state index is -0.228. The van der Waals surface area contributed by atoms with E-state index >= 15 is 0 Å². The number of halogens is 2. The summed E-state index contributed by atoms with van der Waals surface area (Å²) in [6.45, 7) is 6.24. The number of benzene rings is 2. The fourth-order valence-corrected chi connectivity index (χ4v) is 3.56. The van der Waals surface area contributed by atoms with Gasteiger partial charge in [-0.2, -0.15) is 0 Å². The Morgan fingerprint density at radius 1 is 1.11 bits per heavy atom. The number of ether oxygens (including phenoxy) is 1. The zero-order valence-corrected chi connectivity index (χ0v) is 16.3. The Balaban J connectivity index is 1.56. The molecule has 0 aromatic heterocycles. The van der Waals surface area contributed by atoms with Gasteiger partial charge in [0.1, 0.15) is 11.6 Å². The van der Waals surface area contributed by atoms with Gasteiger partial charge in [0.25, 0.3) is 5.91 Å². The highest BCUT2D eigenvalue weighted by Crippen LogP contribution is 2.24. The smallest absolute Gasteiger partial charge is 0.260 e. The van der Waals surface area contributed by atoms with Crippen molar-refractivity contribution < 1.29 is 13.9 Å². The average Bonchev–Trinajstić information content (AvgIpc) is 2.65. The Morgan fingerprint density at radius 3 is 2.52 bits per heavy atom. The third-order valence-corrected chi connectivity index (χ3v) is 5.23. The van der Waals surface area contributed by atoms with Crippen molar-refractivity contribution in [2.45, 2.75) is 32.5 Å². The number of rotatable bonds is 5. The summed E-state index contributed by atoms with van der Waals surface area (Å²) in [5.41, 5.74) is 1.07. The molecular weight excluding hydrogens is 367 g/mol. The molecule has 1 heterocycles. The number of nitrogens with zero attached hydrogens (tertiary/aromatic N) is 2. The third kappa shape index (κ3) is 4.99. The molecule has 0 N–H and O–H groups in total. The maximum atomic E-state index is 13.1. The van der Waals surface area contributed by atoms with E-state index in [1.807, 2.05) is 36.1 Å². The predicted octanol–water partition coefficient (Wildman–Crippen LogP) is 3.98. The highest BCUT2D eigenvalue weighted by molar-refractivity contribution is 6.32. The van der Waals surface area contributed by atoms with Gasteiger partial charge in [-0.3, -0.25) is 9.69 Å². The summed E-state index contributed by atoms with van der Waals surface area (Å²) in [6.07, 6.45) is 0. The minimum absolute atomic E-state index is 0.0290. The summed E-state index contributed by atoms with van der Waals surface area (Å²) in [7, 11) is 0. The molecule has 1 amide bonds. The van der Waals surface area contributed by atoms with Crippen LogP contribution in [0.25, 0.3) is 0 Å². The molecule has 0 saturated carbocycles. The van der Waals surface area contributed by atoms with Crippen molar-refractivity contribution in [3.63, 3.8) is 0 Å². The molecular formula is C21H24ClFN2O2. The second-order valence-corrected chi connectivity index (χ2v) is 7.43. The summed E-state index contributed by atoms with van der Waals surface area (Å²) in [6, 6.07) is 14.0. The lowest BCUT2D eigenvalue weighted by Gasteiger charge is -2.44. The topological polar surface area (TPSA) is 32.8 Å². The lowest BCUT2D eigenvalue weighted by molar-refractivity contribution is -0.139. The van der Waals surface area contributed by atoms with E-state index in [4.69, 9.17) is 16.3 Å². The van der Waals surface area contributed by atoms with Gasteiger partial charge >= 0.3 is 0 Å². The van der Waals surface area contributed by atoms with E-state index in [-0.39, 0.29) is 30.4 Å². The molecule has 1 saturated heterocycles. The van der Waals surface area contributed by atoms with Gasteiger partial charge < -0.3 is 9.64 Å². The summed E-state index contributed by atoms with van der Waals surface area (Å²) < 4.78 is 18.7. The van der Waals surface area contributed by atoms with Crippen molar-refractivity contribution in [1.29, 1.82) is 0 Å². The first-order chi connectivity index (χ1) is 12.9. The van der Waals surface area contributed by atoms with E-state index < -0.39 is 0 Å². The van der Waals surface area contributed by atoms with Gasteiger partial charge in [0.15, 0.2) is 6.61 Å². The Labute approximate surface area is 164 Å². The van der Waals surface area contributed by atoms with Crippen LogP contribution in [0.4, 0.5) is 4.39 Å². The molecule has 4 nitrogen and oxygen atoms in total. The van der Waals surface area contributed by atoms with Crippen molar-refractivity contribution in [2.24, 2.45) is 0 Å². The van der Waals surface area contributed by atoms with Gasteiger partial charge in [-0.25, -0.2) is 4.39 Å². The van der Waals surface area contributed by atoms with Crippen LogP contribution >= 0.6 is 11.6 Å². The molecule has 0 bridgehead atoms. The molecule has 2 aromatic rings. The lowest BCUT2D eigenvalue weighted by Crippen LogP contribution is -2.58. The largest absolute Gasteiger partial charge is 0.482 e. The molecule has 1 aliphatic heterocycles. The SMILES string of the molecule is CC1CN(C(=O)COc2ccccc2Cl)C(C)CN1Cc1ccc(F)cc1. The van der Waals surface area contributed by atoms with Crippen LogP contribution < -0.4 is 4.74 Å². The standard InChI is InChI=1S/C21H24ClFN2O2/c1-15-12-25(21(26)14-27-20-6-4-3-5-19(20)22)16(2)11-24(15)13-17-7-9-18(23)10-8-17/h3-10,15-16H,11-14H2,1-2H3. The van der Waals surface area contributed by atoms with Crippen molar-refractivity contribution in [3.05, 3.63) is 64.9 Å². The van der Waals surface area contributed by atoms with E-state index in [9.17, 15) is 9.18 Å². The van der Waals surface area contributed by atoms with Crippen molar-refractivity contribution in [2.75, 3.05) is 19.7 Å². The van der Waals surface area contributed by atoms with Crippen LogP contribution in [0.15, 0.2) is 48.5 Å². The minimum Gasteiger partial charge on any atom is -0.482 e. The molecule has 0 radical (unpaired) electrons. The normalized spacial score (nSPS) is 20.5. The molecule has 27 heavy (non-hydrogen) atoms. The Kier molecular flexibility index (Phi) is 6.34. The highest BCUT2D eigenvalue weighted by atomic mass is 35.5. The number of para-hydroxylation sites is 1. The summed E-state index contributed by atoms with van der Waals surface area (Å²) in [4.78, 5) is 16.8. The van der Waals surface area contributed by atoms with E-state index in [0.717, 1.165) is 18.7 Å². The van der Waals surface area contributed by atoms with Gasteiger partial charge in [0.05, 0.1) is 5.02 Å². The van der Waals surface area contributed by atoms with Crippen LogP contribution in [0.1, 0.15) is 19.4 Å². The van der Waals surface area contributed by atoms with Gasteiger partial charge in [-0.15, -0.1) is 0 Å². The zero-order valence-electron chi connectivity index (χ0n) is 15.6. The monoisotopic (exact) mass is 390 g/mol. The van der Waals surface area contributed by atoms with Gasteiger partial charge in [-0.05, 0) is 43.7 Å². The Hall–Kier alpha value is -2.11. The fraction of sp³-hybridized carbons (Fsp3) is 0.381. The fourth-order valence-electron chi connectivity index (χ4n) is 3.37. The molecule has 2 aromatic carbocycles. The van der Waals surface area contributed by atoms with Crippen LogP contribution in [0.2, 0.25) is 5.02 Å². The molecule has 2 atom stereocenters. The molecule has 0 spiro atoms. The van der Waals surface area contributed by atoms with Crippen LogP contribution in [-0.4, -0.2) is 47.5 Å². The number of amides is 1. The Bertz CT molecular complexity index is 784. The lowest BCUT2D eigenvalue weighted by atomic mass is 10.1. The molecule has 2 unspecified atom stereocenters. The van der Waals surface area contributed by atoms with Crippen LogP contribution in [0.5, 0.6) is 5.75 Å². The van der Waals surface area contributed by atoms with E-state index in [1.54, 1.807) is 12.1 Å². The molecule has 6 heteroatoms. The van der Waals surface area contributed by atoms with Crippen LogP contribution in [0, 0.1) is 5.82 Å². The summed E-state index contributed by atoms with van der Waals surface area (Å²) in [5, 5.41) is 0.496. The Morgan fingerprint density at radius 2 is 1.81 bits per heavy atom. The van der Waals surface area contributed by atoms with Crippen LogP contribution in [0.3, 0.4) is 0 Å². The first-order valence-corrected chi connectivity index (χ1v) is 9.47. The van der Waals surface area contributed by atoms with Gasteiger partial charge in [0.2, 0.25) is 0 Å². The molecule has 0 aliphatic carbocycles. The maximum Gasteiger partial charge on any atom is 0.260 e. The molecule has 1 aliphatic rings. The van der Waals surface area contributed by atoms with E-state index in [0.29, 0.717) is 17.3 Å². The summed E-state index contributed by atoms with van der Waals surface area (Å²) >= 11 is 6.07. The molecule has 144 valence electrons. The number of hydrogen-bond acceptors (Lipinski definition) is 3. The molecule has 1 fully saturated rings. The van der Waals surface area contributed by atoms with E-state index in [2.05, 4.69) is 11.8 Å². The van der Waals surface area contributed by atoms with Crippen molar-refractivity contribution >= 4 is 17.5 Å². The van der Waals surface area contributed by atoms with Crippen molar-refractivity contribution in [3.8, 4) is 5.75 Å². The number of carbonyl (C=O) groups excluding carboxylic acids is 1. The number of piperazine rings is 1. The third-order valence-electron chi connectivity index (χ3n) is 4.92. The number of carbonyl (C=O) groups is 1. The first-order valence-electron chi connectivity index (χ1n) is 9.09.